The molecule has 0 aliphatic carbocycles. The number of carbonyl (C=O) groups is 1. The first-order chi connectivity index (χ1) is 9.56. The number of aliphatic carboxylic acids is 1. The number of benzene rings is 1. The first-order valence-electron chi connectivity index (χ1n) is 6.25. The molecule has 1 aromatic heterocycles. The SMILES string of the molecule is Cn1ccnc1CCN(CC(=O)O)c1ccc(Cl)cc1. The lowest BCUT2D eigenvalue weighted by atomic mass is 10.2. The molecule has 0 aliphatic heterocycles. The highest BCUT2D eigenvalue weighted by atomic mass is 35.5. The molecular weight excluding hydrogens is 278 g/mol. The van der Waals surface area contributed by atoms with E-state index in [-0.39, 0.29) is 6.54 Å². The molecule has 0 bridgehead atoms. The van der Waals surface area contributed by atoms with E-state index in [0.29, 0.717) is 18.0 Å². The van der Waals surface area contributed by atoms with Crippen LogP contribution in [0.1, 0.15) is 5.82 Å². The van der Waals surface area contributed by atoms with Crippen LogP contribution in [-0.4, -0.2) is 33.7 Å². The van der Waals surface area contributed by atoms with Gasteiger partial charge in [-0.2, -0.15) is 0 Å². The van der Waals surface area contributed by atoms with Gasteiger partial charge in [0, 0.05) is 43.1 Å². The maximum absolute atomic E-state index is 11.0. The van der Waals surface area contributed by atoms with Gasteiger partial charge in [0.25, 0.3) is 0 Å². The second kappa shape index (κ2) is 6.43. The van der Waals surface area contributed by atoms with Gasteiger partial charge in [-0.05, 0) is 24.3 Å². The van der Waals surface area contributed by atoms with Crippen molar-refractivity contribution in [1.82, 2.24) is 9.55 Å². The predicted molar refractivity (Wildman–Crippen MR) is 78.2 cm³/mol. The molecule has 0 spiro atoms. The summed E-state index contributed by atoms with van der Waals surface area (Å²) in [4.78, 5) is 17.0. The van der Waals surface area contributed by atoms with Gasteiger partial charge in [0.15, 0.2) is 0 Å². The summed E-state index contributed by atoms with van der Waals surface area (Å²) in [6, 6.07) is 7.16. The first-order valence-corrected chi connectivity index (χ1v) is 6.62. The molecule has 2 rings (SSSR count). The zero-order valence-corrected chi connectivity index (χ0v) is 11.9. The van der Waals surface area contributed by atoms with Crippen molar-refractivity contribution in [2.45, 2.75) is 6.42 Å². The Morgan fingerprint density at radius 2 is 2.10 bits per heavy atom. The minimum absolute atomic E-state index is 0.0495. The van der Waals surface area contributed by atoms with E-state index in [1.54, 1.807) is 23.2 Å². The fraction of sp³-hybridized carbons (Fsp3) is 0.286. The summed E-state index contributed by atoms with van der Waals surface area (Å²) < 4.78 is 1.93. The molecular formula is C14H16ClN3O2. The number of rotatable bonds is 6. The highest BCUT2D eigenvalue weighted by molar-refractivity contribution is 6.30. The molecule has 0 unspecified atom stereocenters. The average molecular weight is 294 g/mol. The zero-order valence-electron chi connectivity index (χ0n) is 11.2. The summed E-state index contributed by atoms with van der Waals surface area (Å²) in [7, 11) is 1.92. The molecule has 20 heavy (non-hydrogen) atoms. The Hall–Kier alpha value is -2.01. The number of carboxylic acids is 1. The Balaban J connectivity index is 2.09. The maximum atomic E-state index is 11.0. The Labute approximate surface area is 122 Å². The highest BCUT2D eigenvalue weighted by Crippen LogP contribution is 2.18. The molecule has 0 saturated carbocycles. The molecule has 106 valence electrons. The van der Waals surface area contributed by atoms with Gasteiger partial charge in [-0.25, -0.2) is 4.98 Å². The van der Waals surface area contributed by atoms with Crippen LogP contribution in [-0.2, 0) is 18.3 Å². The van der Waals surface area contributed by atoms with Gasteiger partial charge in [0.2, 0.25) is 0 Å². The van der Waals surface area contributed by atoms with Crippen LogP contribution in [0.2, 0.25) is 5.02 Å². The molecule has 6 heteroatoms. The van der Waals surface area contributed by atoms with Gasteiger partial charge in [0.05, 0.1) is 0 Å². The summed E-state index contributed by atoms with van der Waals surface area (Å²) in [5.41, 5.74) is 0.839. The van der Waals surface area contributed by atoms with Crippen LogP contribution in [0.4, 0.5) is 5.69 Å². The lowest BCUT2D eigenvalue weighted by Crippen LogP contribution is -2.32. The minimum Gasteiger partial charge on any atom is -0.480 e. The number of halogens is 1. The van der Waals surface area contributed by atoms with Crippen LogP contribution >= 0.6 is 11.6 Å². The number of aromatic nitrogens is 2. The van der Waals surface area contributed by atoms with E-state index in [0.717, 1.165) is 11.5 Å². The summed E-state index contributed by atoms with van der Waals surface area (Å²) in [6.07, 6.45) is 4.29. The third-order valence-electron chi connectivity index (χ3n) is 3.04. The number of aryl methyl sites for hydroxylation is 1. The van der Waals surface area contributed by atoms with E-state index in [4.69, 9.17) is 16.7 Å². The van der Waals surface area contributed by atoms with E-state index in [1.807, 2.05) is 29.9 Å². The van der Waals surface area contributed by atoms with Crippen molar-refractivity contribution in [3.05, 3.63) is 47.5 Å². The summed E-state index contributed by atoms with van der Waals surface area (Å²) in [6.45, 7) is 0.533. The number of carboxylic acid groups (broad SMARTS) is 1. The van der Waals surface area contributed by atoms with Gasteiger partial charge in [-0.1, -0.05) is 11.6 Å². The second-order valence-electron chi connectivity index (χ2n) is 4.50. The van der Waals surface area contributed by atoms with Gasteiger partial charge >= 0.3 is 5.97 Å². The Bertz CT molecular complexity index is 580. The number of anilines is 1. The maximum Gasteiger partial charge on any atom is 0.323 e. The van der Waals surface area contributed by atoms with Crippen LogP contribution in [0.5, 0.6) is 0 Å². The van der Waals surface area contributed by atoms with Crippen LogP contribution in [0.3, 0.4) is 0 Å². The molecule has 5 nitrogen and oxygen atoms in total. The monoisotopic (exact) mass is 293 g/mol. The molecule has 0 radical (unpaired) electrons. The molecule has 0 aliphatic rings. The van der Waals surface area contributed by atoms with E-state index in [9.17, 15) is 4.79 Å². The zero-order chi connectivity index (χ0) is 14.5. The fourth-order valence-electron chi connectivity index (χ4n) is 1.99. The van der Waals surface area contributed by atoms with E-state index >= 15 is 0 Å². The van der Waals surface area contributed by atoms with Gasteiger partial charge in [-0.15, -0.1) is 0 Å². The van der Waals surface area contributed by atoms with Crippen molar-refractivity contribution < 1.29 is 9.90 Å². The molecule has 1 heterocycles. The van der Waals surface area contributed by atoms with Crippen molar-refractivity contribution in [3.63, 3.8) is 0 Å². The Kier molecular flexibility index (Phi) is 4.63. The lowest BCUT2D eigenvalue weighted by molar-refractivity contribution is -0.135. The summed E-state index contributed by atoms with van der Waals surface area (Å²) >= 11 is 5.85. The third kappa shape index (κ3) is 3.74. The van der Waals surface area contributed by atoms with Crippen molar-refractivity contribution in [2.24, 2.45) is 7.05 Å². The van der Waals surface area contributed by atoms with E-state index in [1.165, 1.54) is 0 Å². The summed E-state index contributed by atoms with van der Waals surface area (Å²) in [5.74, 6) is 0.0640. The minimum atomic E-state index is -0.861. The lowest BCUT2D eigenvalue weighted by Gasteiger charge is -2.22. The van der Waals surface area contributed by atoms with Crippen LogP contribution in [0, 0.1) is 0 Å². The molecule has 1 aromatic carbocycles. The third-order valence-corrected chi connectivity index (χ3v) is 3.30. The highest BCUT2D eigenvalue weighted by Gasteiger charge is 2.12. The molecule has 0 atom stereocenters. The van der Waals surface area contributed by atoms with Gasteiger partial charge in [0.1, 0.15) is 12.4 Å². The number of hydrogen-bond donors (Lipinski definition) is 1. The molecule has 0 saturated heterocycles. The Morgan fingerprint density at radius 1 is 1.40 bits per heavy atom. The van der Waals surface area contributed by atoms with Gasteiger partial charge < -0.3 is 14.6 Å². The van der Waals surface area contributed by atoms with E-state index < -0.39 is 5.97 Å². The quantitative estimate of drug-likeness (QED) is 0.887. The number of nitrogens with zero attached hydrogens (tertiary/aromatic N) is 3. The Morgan fingerprint density at radius 3 is 2.65 bits per heavy atom. The number of hydrogen-bond acceptors (Lipinski definition) is 3. The molecule has 0 amide bonds. The predicted octanol–water partition coefficient (Wildman–Crippen LogP) is 2.21. The fourth-order valence-corrected chi connectivity index (χ4v) is 2.11. The largest absolute Gasteiger partial charge is 0.480 e. The van der Waals surface area contributed by atoms with Crippen LogP contribution in [0.15, 0.2) is 36.7 Å². The topological polar surface area (TPSA) is 58.4 Å². The summed E-state index contributed by atoms with van der Waals surface area (Å²) in [5, 5.41) is 9.66. The van der Waals surface area contributed by atoms with Crippen LogP contribution < -0.4 is 4.90 Å². The number of imidazole rings is 1. The smallest absolute Gasteiger partial charge is 0.323 e. The normalized spacial score (nSPS) is 10.5. The van der Waals surface area contributed by atoms with Crippen molar-refractivity contribution in [3.8, 4) is 0 Å². The molecule has 0 fully saturated rings. The van der Waals surface area contributed by atoms with Crippen molar-refractivity contribution in [2.75, 3.05) is 18.0 Å². The molecule has 2 aromatic rings. The second-order valence-corrected chi connectivity index (χ2v) is 4.93. The first kappa shape index (κ1) is 14.4. The van der Waals surface area contributed by atoms with Crippen LogP contribution in [0.25, 0.3) is 0 Å². The van der Waals surface area contributed by atoms with Crippen molar-refractivity contribution in [1.29, 1.82) is 0 Å². The van der Waals surface area contributed by atoms with Crippen molar-refractivity contribution >= 4 is 23.3 Å². The standard InChI is InChI=1S/C14H16ClN3O2/c1-17-9-7-16-13(17)6-8-18(10-14(19)20)12-4-2-11(15)3-5-12/h2-5,7,9H,6,8,10H2,1H3,(H,19,20). The average Bonchev–Trinajstić information content (AvgIpc) is 2.81. The van der Waals surface area contributed by atoms with E-state index in [2.05, 4.69) is 4.98 Å². The van der Waals surface area contributed by atoms with Gasteiger partial charge in [-0.3, -0.25) is 4.79 Å². The molecule has 1 N–H and O–H groups in total.